The molecule has 0 saturated heterocycles. The van der Waals surface area contributed by atoms with Gasteiger partial charge in [0.15, 0.2) is 93.1 Å². The molecule has 0 atom stereocenters. The summed E-state index contributed by atoms with van der Waals surface area (Å²) in [7, 11) is 0. The zero-order valence-electron chi connectivity index (χ0n) is 34.3. The zero-order chi connectivity index (χ0) is 51.6. The van der Waals surface area contributed by atoms with Crippen molar-refractivity contribution >= 4 is 45.3 Å². The highest BCUT2D eigenvalue weighted by atomic mass is 19.2. The minimum atomic E-state index is -2.73. The van der Waals surface area contributed by atoms with Crippen LogP contribution < -0.4 is 0 Å². The molecule has 364 valence electrons. The standard InChI is InChI=1S/C46H14F20N4O/c1-2-71-46-11-8-17(70-46)21(25-32(53)40(61)45(66)41(62)33(25)54)15-6-5-14(69-15)20(24-30(51)38(59)44(65)39(60)31(24)52)16-7-10(9-67-16)18(22-26(47)34(55)42(63)35(56)27(22)48)12-3-4-13(68-12)19(11)23-28(49)36(57)43(64)37(58)29(23)50/h3-6,9H,2,7-8H2,1H3. The molecule has 5 aliphatic rings. The highest BCUT2D eigenvalue weighted by molar-refractivity contribution is 6.37. The van der Waals surface area contributed by atoms with Crippen molar-refractivity contribution in [1.82, 2.24) is 0 Å². The van der Waals surface area contributed by atoms with Gasteiger partial charge in [0.05, 0.1) is 63.1 Å². The molecule has 9 rings (SSSR count). The Bertz CT molecular complexity index is 3470. The summed E-state index contributed by atoms with van der Waals surface area (Å²) in [5, 5.41) is 0. The minimum Gasteiger partial charge on any atom is -0.478 e. The molecule has 0 aliphatic carbocycles. The lowest BCUT2D eigenvalue weighted by molar-refractivity contribution is 0.329. The molecule has 5 aliphatic heterocycles. The second kappa shape index (κ2) is 17.2. The van der Waals surface area contributed by atoms with Crippen molar-refractivity contribution in [3.63, 3.8) is 0 Å². The van der Waals surface area contributed by atoms with Crippen molar-refractivity contribution in [1.29, 1.82) is 0 Å². The van der Waals surface area contributed by atoms with Crippen LogP contribution in [0.25, 0.3) is 22.3 Å². The van der Waals surface area contributed by atoms with Crippen LogP contribution in [0.3, 0.4) is 0 Å². The van der Waals surface area contributed by atoms with E-state index in [1.54, 1.807) is 0 Å². The smallest absolute Gasteiger partial charge is 0.217 e. The lowest BCUT2D eigenvalue weighted by Crippen LogP contribution is -2.15. The number of hydrogen-bond donors (Lipinski definition) is 0. The van der Waals surface area contributed by atoms with E-state index < -0.39 is 232 Å². The number of hydrogen-bond acceptors (Lipinski definition) is 5. The fourth-order valence-electron chi connectivity index (χ4n) is 8.11. The number of fused-ring (bicyclic) bond motifs is 6. The van der Waals surface area contributed by atoms with Gasteiger partial charge in [0.25, 0.3) is 0 Å². The van der Waals surface area contributed by atoms with Crippen molar-refractivity contribution in [3.8, 4) is 0 Å². The normalized spacial score (nSPS) is 16.5. The second-order valence-electron chi connectivity index (χ2n) is 15.1. The topological polar surface area (TPSA) is 58.7 Å². The van der Waals surface area contributed by atoms with E-state index in [4.69, 9.17) is 4.74 Å². The van der Waals surface area contributed by atoms with Crippen LogP contribution in [0.2, 0.25) is 0 Å². The van der Waals surface area contributed by atoms with Crippen LogP contribution in [0.5, 0.6) is 0 Å². The molecule has 71 heavy (non-hydrogen) atoms. The Labute approximate surface area is 381 Å². The first-order valence-electron chi connectivity index (χ1n) is 19.6. The molecule has 0 fully saturated rings. The van der Waals surface area contributed by atoms with Gasteiger partial charge in [0.2, 0.25) is 29.2 Å². The molecule has 25 heteroatoms. The van der Waals surface area contributed by atoms with Crippen molar-refractivity contribution in [2.45, 2.75) is 19.8 Å². The van der Waals surface area contributed by atoms with Crippen molar-refractivity contribution in [2.75, 3.05) is 6.61 Å². The van der Waals surface area contributed by atoms with E-state index in [1.165, 1.54) is 6.92 Å². The average molecular weight is 1020 g/mol. The Hall–Kier alpha value is -7.86. The van der Waals surface area contributed by atoms with Crippen LogP contribution in [0.1, 0.15) is 42.0 Å². The minimum absolute atomic E-state index is 0.485. The van der Waals surface area contributed by atoms with Gasteiger partial charge >= 0.3 is 0 Å². The van der Waals surface area contributed by atoms with E-state index in [0.717, 1.165) is 0 Å². The van der Waals surface area contributed by atoms with E-state index in [-0.39, 0.29) is 0 Å². The summed E-state index contributed by atoms with van der Waals surface area (Å²) in [4.78, 5) is 15.8. The van der Waals surface area contributed by atoms with Crippen LogP contribution in [-0.2, 0) is 4.74 Å². The molecule has 4 aromatic carbocycles. The Morgan fingerprint density at radius 3 is 1.13 bits per heavy atom. The van der Waals surface area contributed by atoms with Gasteiger partial charge in [-0.25, -0.2) is 103 Å². The number of benzene rings is 4. The van der Waals surface area contributed by atoms with Crippen LogP contribution in [-0.4, -0.2) is 29.6 Å². The summed E-state index contributed by atoms with van der Waals surface area (Å²) in [5.74, 6) is -53.9. The third-order valence-electron chi connectivity index (χ3n) is 11.2. The first-order valence-corrected chi connectivity index (χ1v) is 19.6. The van der Waals surface area contributed by atoms with Crippen LogP contribution >= 0.6 is 0 Å². The number of rotatable bonds is 5. The lowest BCUT2D eigenvalue weighted by Gasteiger charge is -2.18. The second-order valence-corrected chi connectivity index (χ2v) is 15.1. The highest BCUT2D eigenvalue weighted by Crippen LogP contribution is 2.47. The first kappa shape index (κ1) is 48.2. The fourth-order valence-corrected chi connectivity index (χ4v) is 8.11. The maximum Gasteiger partial charge on any atom is 0.217 e. The largest absolute Gasteiger partial charge is 0.478 e. The molecular weight excluding hydrogens is 1000 g/mol. The fraction of sp³-hybridized carbons (Fsp3) is 0.0870. The number of ether oxygens (including phenoxy) is 1. The van der Waals surface area contributed by atoms with Gasteiger partial charge in [0, 0.05) is 46.9 Å². The third-order valence-corrected chi connectivity index (χ3v) is 11.2. The zero-order valence-corrected chi connectivity index (χ0v) is 34.3. The molecule has 0 amide bonds. The molecule has 4 aromatic rings. The molecule has 0 unspecified atom stereocenters. The summed E-state index contributed by atoms with van der Waals surface area (Å²) in [5.41, 5.74) is -20.7. The van der Waals surface area contributed by atoms with Gasteiger partial charge in [-0.15, -0.1) is 0 Å². The van der Waals surface area contributed by atoms with Crippen LogP contribution in [0, 0.1) is 116 Å². The summed E-state index contributed by atoms with van der Waals surface area (Å²) >= 11 is 0. The Balaban J connectivity index is 1.50. The van der Waals surface area contributed by atoms with E-state index in [2.05, 4.69) is 20.0 Å². The van der Waals surface area contributed by atoms with Gasteiger partial charge < -0.3 is 4.74 Å². The van der Waals surface area contributed by atoms with Gasteiger partial charge in [-0.05, 0) is 36.8 Å². The summed E-state index contributed by atoms with van der Waals surface area (Å²) in [6.45, 7) is 0.614. The van der Waals surface area contributed by atoms with Gasteiger partial charge in [-0.3, -0.25) is 4.99 Å². The Kier molecular flexibility index (Phi) is 11.7. The number of aliphatic imine (C=N–C) groups is 4. The van der Waals surface area contributed by atoms with Gasteiger partial charge in [0.1, 0.15) is 0 Å². The third kappa shape index (κ3) is 7.08. The molecule has 0 aromatic heterocycles. The van der Waals surface area contributed by atoms with Crippen molar-refractivity contribution in [3.05, 3.63) is 197 Å². The maximum absolute atomic E-state index is 16.1. The summed E-state index contributed by atoms with van der Waals surface area (Å²) < 4.78 is 312. The van der Waals surface area contributed by atoms with Crippen molar-refractivity contribution in [2.24, 2.45) is 20.0 Å². The quantitative estimate of drug-likeness (QED) is 0.112. The molecule has 0 spiro atoms. The lowest BCUT2D eigenvalue weighted by atomic mass is 9.89. The Morgan fingerprint density at radius 2 is 0.718 bits per heavy atom. The van der Waals surface area contributed by atoms with Gasteiger partial charge in [-0.2, -0.15) is 0 Å². The Morgan fingerprint density at radius 1 is 0.380 bits per heavy atom. The van der Waals surface area contributed by atoms with E-state index in [9.17, 15) is 26.3 Å². The maximum atomic E-state index is 16.1. The first-order chi connectivity index (χ1) is 33.5. The number of nitrogens with zero attached hydrogens (tertiary/aromatic N) is 4. The van der Waals surface area contributed by atoms with E-state index >= 15 is 61.5 Å². The average Bonchev–Trinajstić information content (AvgIpc) is 4.21. The molecule has 0 saturated carbocycles. The predicted molar refractivity (Wildman–Crippen MR) is 210 cm³/mol. The number of halogens is 20. The van der Waals surface area contributed by atoms with E-state index in [0.29, 0.717) is 30.5 Å². The predicted octanol–water partition coefficient (Wildman–Crippen LogP) is 13.1. The molecule has 0 radical (unpaired) electrons. The van der Waals surface area contributed by atoms with Crippen LogP contribution in [0.4, 0.5) is 87.8 Å². The molecule has 8 bridgehead atoms. The molecular formula is C46H14F20N4O. The molecule has 5 nitrogen and oxygen atoms in total. The molecule has 5 heterocycles. The molecule has 0 N–H and O–H groups in total. The van der Waals surface area contributed by atoms with Crippen LogP contribution in [0.15, 0.2) is 78.7 Å². The summed E-state index contributed by atoms with van der Waals surface area (Å²) in [6, 6.07) is 0. The monoisotopic (exact) mass is 1020 g/mol. The number of allylic oxidation sites excluding steroid dienone is 10. The highest BCUT2D eigenvalue weighted by Gasteiger charge is 2.41. The van der Waals surface area contributed by atoms with E-state index in [1.807, 2.05) is 0 Å². The SMILES string of the molecule is CCOC1=NC2=C(c3c(F)c(F)c(F)c(F)c3F)C3=NC(=C(c4c(F)c(F)c(F)c(F)c4F)C4=NC=C(C4)C(c4c(F)c(F)c(F)c(F)c4F)=C4C=CC(=N4)C(c4c(F)c(F)c(F)c(F)c4F)=C1C2)C=C3. The van der Waals surface area contributed by atoms with Gasteiger partial charge in [-0.1, -0.05) is 0 Å². The summed E-state index contributed by atoms with van der Waals surface area (Å²) in [6.07, 6.45) is 0.319. The van der Waals surface area contributed by atoms with Crippen molar-refractivity contribution < 1.29 is 92.5 Å².